The summed E-state index contributed by atoms with van der Waals surface area (Å²) >= 11 is 0. The molecule has 0 spiro atoms. The summed E-state index contributed by atoms with van der Waals surface area (Å²) < 4.78 is 36.5. The Morgan fingerprint density at radius 2 is 1.24 bits per heavy atom. The van der Waals surface area contributed by atoms with Crippen LogP contribution in [0.2, 0.25) is 0 Å². The second kappa shape index (κ2) is 17.1. The second-order valence-corrected chi connectivity index (χ2v) is 5.71. The zero-order valence-corrected chi connectivity index (χ0v) is 18.3. The van der Waals surface area contributed by atoms with E-state index in [-0.39, 0.29) is 26.4 Å². The van der Waals surface area contributed by atoms with Crippen molar-refractivity contribution in [3.8, 4) is 0 Å². The van der Waals surface area contributed by atoms with Crippen molar-refractivity contribution >= 4 is 36.0 Å². The lowest BCUT2D eigenvalue weighted by Crippen LogP contribution is -2.34. The lowest BCUT2D eigenvalue weighted by molar-refractivity contribution is -0.176. The summed E-state index contributed by atoms with van der Waals surface area (Å²) in [5, 5.41) is 8.39. The standard InChI is InChI=1S/C18H26O15/c1-4-27-13(20)7-26-5-6-28-14(21)8-29-15(22)9-30-16(23)11(2)32-17(24)12(3)33-18(25)31-10-19/h11-12,19H,4-10H2,1-3H3. The Kier molecular flexibility index (Phi) is 15.3. The van der Waals surface area contributed by atoms with Gasteiger partial charge in [0.15, 0.2) is 32.2 Å². The fourth-order valence-corrected chi connectivity index (χ4v) is 1.64. The van der Waals surface area contributed by atoms with Crippen LogP contribution in [-0.4, -0.2) is 99.8 Å². The highest BCUT2D eigenvalue weighted by molar-refractivity contribution is 5.83. The quantitative estimate of drug-likeness (QED) is 0.124. The Morgan fingerprint density at radius 3 is 1.88 bits per heavy atom. The number of esters is 5. The summed E-state index contributed by atoms with van der Waals surface area (Å²) in [5.74, 6) is -4.80. The maximum absolute atomic E-state index is 11.7. The van der Waals surface area contributed by atoms with E-state index in [4.69, 9.17) is 14.6 Å². The lowest BCUT2D eigenvalue weighted by atomic mass is 10.4. The van der Waals surface area contributed by atoms with Gasteiger partial charge in [0.1, 0.15) is 13.2 Å². The Bertz CT molecular complexity index is 674. The predicted octanol–water partition coefficient (Wildman–Crippen LogP) is -1.38. The normalized spacial score (nSPS) is 11.9. The van der Waals surface area contributed by atoms with Crippen LogP contribution in [0.25, 0.3) is 0 Å². The van der Waals surface area contributed by atoms with Gasteiger partial charge >= 0.3 is 36.0 Å². The fraction of sp³-hybridized carbons (Fsp3) is 0.667. The lowest BCUT2D eigenvalue weighted by Gasteiger charge is -2.16. The smallest absolute Gasteiger partial charge is 0.464 e. The third-order valence-electron chi connectivity index (χ3n) is 3.11. The molecule has 15 heteroatoms. The van der Waals surface area contributed by atoms with E-state index in [0.717, 1.165) is 13.8 Å². The first kappa shape index (κ1) is 29.5. The molecule has 2 atom stereocenters. The molecule has 15 nitrogen and oxygen atoms in total. The number of hydrogen-bond donors (Lipinski definition) is 1. The van der Waals surface area contributed by atoms with Crippen molar-refractivity contribution < 1.29 is 71.8 Å². The minimum atomic E-state index is -1.47. The van der Waals surface area contributed by atoms with Gasteiger partial charge in [-0.25, -0.2) is 28.8 Å². The molecule has 0 rings (SSSR count). The third-order valence-corrected chi connectivity index (χ3v) is 3.11. The molecule has 0 aromatic carbocycles. The maximum Gasteiger partial charge on any atom is 0.511 e. The maximum atomic E-state index is 11.7. The van der Waals surface area contributed by atoms with E-state index in [2.05, 4.69) is 28.4 Å². The first-order chi connectivity index (χ1) is 15.6. The molecule has 2 unspecified atom stereocenters. The molecule has 0 amide bonds. The zero-order valence-electron chi connectivity index (χ0n) is 18.3. The molecule has 0 aliphatic carbocycles. The van der Waals surface area contributed by atoms with E-state index in [1.54, 1.807) is 6.92 Å². The molecular formula is C18H26O15. The number of aliphatic hydroxyl groups excluding tert-OH is 1. The largest absolute Gasteiger partial charge is 0.511 e. The molecule has 0 heterocycles. The van der Waals surface area contributed by atoms with Crippen LogP contribution in [0.3, 0.4) is 0 Å². The summed E-state index contributed by atoms with van der Waals surface area (Å²) in [6.45, 7) is 0.908. The molecule has 0 aliphatic heterocycles. The van der Waals surface area contributed by atoms with E-state index < -0.39 is 68.2 Å². The minimum Gasteiger partial charge on any atom is -0.464 e. The molecule has 33 heavy (non-hydrogen) atoms. The molecule has 0 fully saturated rings. The molecule has 0 aliphatic rings. The van der Waals surface area contributed by atoms with E-state index >= 15 is 0 Å². The molecule has 1 N–H and O–H groups in total. The molecule has 0 saturated heterocycles. The topological polar surface area (TPSA) is 196 Å². The highest BCUT2D eigenvalue weighted by atomic mass is 16.8. The highest BCUT2D eigenvalue weighted by Crippen LogP contribution is 2.03. The van der Waals surface area contributed by atoms with Crippen LogP contribution >= 0.6 is 0 Å². The van der Waals surface area contributed by atoms with Crippen LogP contribution < -0.4 is 0 Å². The van der Waals surface area contributed by atoms with E-state index in [0.29, 0.717) is 0 Å². The van der Waals surface area contributed by atoms with Crippen molar-refractivity contribution in [2.75, 3.05) is 46.4 Å². The SMILES string of the molecule is CCOC(=O)COCCOC(=O)COC(=O)COC(=O)C(C)OC(=O)C(C)OC(=O)OCO. The van der Waals surface area contributed by atoms with Crippen molar-refractivity contribution in [1.29, 1.82) is 0 Å². The first-order valence-corrected chi connectivity index (χ1v) is 9.46. The average molecular weight is 482 g/mol. The van der Waals surface area contributed by atoms with Gasteiger partial charge in [-0.1, -0.05) is 0 Å². The Morgan fingerprint density at radius 1 is 0.667 bits per heavy atom. The second-order valence-electron chi connectivity index (χ2n) is 5.71. The van der Waals surface area contributed by atoms with Gasteiger partial charge < -0.3 is 43.0 Å². The van der Waals surface area contributed by atoms with Crippen LogP contribution in [-0.2, 0) is 61.9 Å². The van der Waals surface area contributed by atoms with Gasteiger partial charge in [0.05, 0.1) is 13.2 Å². The molecule has 0 aromatic heterocycles. The number of hydrogen-bond acceptors (Lipinski definition) is 15. The zero-order chi connectivity index (χ0) is 25.2. The number of carbonyl (C=O) groups is 6. The van der Waals surface area contributed by atoms with Crippen LogP contribution in [0.15, 0.2) is 0 Å². The van der Waals surface area contributed by atoms with Crippen molar-refractivity contribution in [3.05, 3.63) is 0 Å². The first-order valence-electron chi connectivity index (χ1n) is 9.46. The van der Waals surface area contributed by atoms with Crippen molar-refractivity contribution in [1.82, 2.24) is 0 Å². The van der Waals surface area contributed by atoms with E-state index in [9.17, 15) is 28.8 Å². The third kappa shape index (κ3) is 15.1. The molecule has 0 radical (unpaired) electrons. The molecule has 188 valence electrons. The van der Waals surface area contributed by atoms with Crippen LogP contribution in [0.5, 0.6) is 0 Å². The van der Waals surface area contributed by atoms with Gasteiger partial charge in [-0.3, -0.25) is 0 Å². The number of aliphatic hydroxyl groups is 1. The van der Waals surface area contributed by atoms with E-state index in [1.165, 1.54) is 0 Å². The number of carbonyl (C=O) groups excluding carboxylic acids is 6. The van der Waals surface area contributed by atoms with Gasteiger partial charge in [-0.15, -0.1) is 0 Å². The average Bonchev–Trinajstić information content (AvgIpc) is 2.75. The minimum absolute atomic E-state index is 0.0843. The summed E-state index contributed by atoms with van der Waals surface area (Å²) in [4.78, 5) is 68.4. The summed E-state index contributed by atoms with van der Waals surface area (Å²) in [5.41, 5.74) is 0. The summed E-state index contributed by atoms with van der Waals surface area (Å²) in [7, 11) is 0. The van der Waals surface area contributed by atoms with Crippen LogP contribution in [0.4, 0.5) is 4.79 Å². The van der Waals surface area contributed by atoms with Gasteiger partial charge in [-0.2, -0.15) is 0 Å². The predicted molar refractivity (Wildman–Crippen MR) is 100.0 cm³/mol. The van der Waals surface area contributed by atoms with Crippen molar-refractivity contribution in [2.24, 2.45) is 0 Å². The highest BCUT2D eigenvalue weighted by Gasteiger charge is 2.26. The fourth-order valence-electron chi connectivity index (χ4n) is 1.64. The Hall–Kier alpha value is -3.46. The van der Waals surface area contributed by atoms with Gasteiger partial charge in [0.2, 0.25) is 0 Å². The molecule has 0 aromatic rings. The summed E-state index contributed by atoms with van der Waals surface area (Å²) in [6.07, 6.45) is -4.25. The molecule has 0 bridgehead atoms. The Balaban J connectivity index is 4.03. The molecule has 0 saturated carbocycles. The monoisotopic (exact) mass is 482 g/mol. The van der Waals surface area contributed by atoms with Gasteiger partial charge in [0.25, 0.3) is 0 Å². The van der Waals surface area contributed by atoms with E-state index in [1.807, 2.05) is 0 Å². The Labute approximate surface area is 188 Å². The number of ether oxygens (including phenoxy) is 8. The van der Waals surface area contributed by atoms with Gasteiger partial charge in [0, 0.05) is 0 Å². The summed E-state index contributed by atoms with van der Waals surface area (Å²) in [6, 6.07) is 0. The number of rotatable bonds is 15. The van der Waals surface area contributed by atoms with Crippen molar-refractivity contribution in [3.63, 3.8) is 0 Å². The van der Waals surface area contributed by atoms with Gasteiger partial charge in [-0.05, 0) is 20.8 Å². The van der Waals surface area contributed by atoms with Crippen LogP contribution in [0, 0.1) is 0 Å². The van der Waals surface area contributed by atoms with Crippen LogP contribution in [0.1, 0.15) is 20.8 Å². The molecular weight excluding hydrogens is 456 g/mol. The van der Waals surface area contributed by atoms with Crippen molar-refractivity contribution in [2.45, 2.75) is 33.0 Å².